The number of carbonyl (C=O) groups is 2. The highest BCUT2D eigenvalue weighted by molar-refractivity contribution is 5.72. The summed E-state index contributed by atoms with van der Waals surface area (Å²) < 4.78 is 10.6. The number of hydrogen-bond donors (Lipinski definition) is 2. The maximum Gasteiger partial charge on any atom is 0.308 e. The molecule has 0 heterocycles. The molecule has 6 nitrogen and oxygen atoms in total. The van der Waals surface area contributed by atoms with Crippen LogP contribution in [0.2, 0.25) is 0 Å². The SMILES string of the molecule is CCCCCCCC(=O)OCC(CO)(CO)COC(=O)C(CC)CCCC. The Balaban J connectivity index is 4.40. The maximum absolute atomic E-state index is 12.2. The molecular weight excluding hydrogens is 348 g/mol. The minimum absolute atomic E-state index is 0.160. The zero-order valence-electron chi connectivity index (χ0n) is 17.5. The van der Waals surface area contributed by atoms with Crippen molar-refractivity contribution in [2.45, 2.75) is 85.0 Å². The van der Waals surface area contributed by atoms with Crippen LogP contribution >= 0.6 is 0 Å². The fourth-order valence-corrected chi connectivity index (χ4v) is 2.73. The van der Waals surface area contributed by atoms with Gasteiger partial charge in [0, 0.05) is 6.42 Å². The molecule has 0 radical (unpaired) electrons. The number of rotatable bonds is 17. The van der Waals surface area contributed by atoms with E-state index in [4.69, 9.17) is 9.47 Å². The summed E-state index contributed by atoms with van der Waals surface area (Å²) in [5.74, 6) is -0.844. The number of hydrogen-bond acceptors (Lipinski definition) is 6. The van der Waals surface area contributed by atoms with E-state index in [1.54, 1.807) is 0 Å². The van der Waals surface area contributed by atoms with Crippen LogP contribution in [0.25, 0.3) is 0 Å². The summed E-state index contributed by atoms with van der Waals surface area (Å²) in [7, 11) is 0. The van der Waals surface area contributed by atoms with Crippen molar-refractivity contribution in [3.8, 4) is 0 Å². The molecule has 0 aromatic rings. The van der Waals surface area contributed by atoms with Gasteiger partial charge in [-0.05, 0) is 19.3 Å². The molecule has 0 fully saturated rings. The van der Waals surface area contributed by atoms with Crippen LogP contribution in [0.1, 0.15) is 85.0 Å². The van der Waals surface area contributed by atoms with Crippen molar-refractivity contribution in [3.63, 3.8) is 0 Å². The van der Waals surface area contributed by atoms with Crippen molar-refractivity contribution in [1.82, 2.24) is 0 Å². The predicted octanol–water partition coefficient (Wildman–Crippen LogP) is 3.62. The fraction of sp³-hybridized carbons (Fsp3) is 0.905. The minimum atomic E-state index is -1.16. The van der Waals surface area contributed by atoms with E-state index in [-0.39, 0.29) is 31.1 Å². The van der Waals surface area contributed by atoms with Crippen molar-refractivity contribution in [2.75, 3.05) is 26.4 Å². The first-order valence-corrected chi connectivity index (χ1v) is 10.5. The highest BCUT2D eigenvalue weighted by Gasteiger charge is 2.33. The molecule has 0 aromatic heterocycles. The van der Waals surface area contributed by atoms with Crippen LogP contribution in [-0.2, 0) is 19.1 Å². The molecule has 0 bridgehead atoms. The Morgan fingerprint density at radius 1 is 0.852 bits per heavy atom. The number of carbonyl (C=O) groups excluding carboxylic acids is 2. The molecule has 0 saturated heterocycles. The number of aliphatic hydroxyl groups is 2. The number of unbranched alkanes of at least 4 members (excludes halogenated alkanes) is 5. The van der Waals surface area contributed by atoms with Gasteiger partial charge < -0.3 is 19.7 Å². The Bertz CT molecular complexity index is 392. The van der Waals surface area contributed by atoms with Gasteiger partial charge >= 0.3 is 11.9 Å². The van der Waals surface area contributed by atoms with Gasteiger partial charge in [-0.1, -0.05) is 59.3 Å². The molecule has 1 unspecified atom stereocenters. The molecule has 0 rings (SSSR count). The third kappa shape index (κ3) is 11.3. The van der Waals surface area contributed by atoms with Crippen LogP contribution in [-0.4, -0.2) is 48.6 Å². The van der Waals surface area contributed by atoms with E-state index in [9.17, 15) is 19.8 Å². The minimum Gasteiger partial charge on any atom is -0.465 e. The highest BCUT2D eigenvalue weighted by Crippen LogP contribution is 2.21. The fourth-order valence-electron chi connectivity index (χ4n) is 2.73. The van der Waals surface area contributed by atoms with E-state index in [1.165, 1.54) is 0 Å². The molecule has 1 atom stereocenters. The molecule has 0 aliphatic heterocycles. The van der Waals surface area contributed by atoms with E-state index in [2.05, 4.69) is 13.8 Å². The van der Waals surface area contributed by atoms with Crippen molar-refractivity contribution >= 4 is 11.9 Å². The van der Waals surface area contributed by atoms with Crippen molar-refractivity contribution in [2.24, 2.45) is 11.3 Å². The first-order chi connectivity index (χ1) is 13.0. The Morgan fingerprint density at radius 2 is 1.44 bits per heavy atom. The molecule has 2 N–H and O–H groups in total. The van der Waals surface area contributed by atoms with Crippen LogP contribution in [0.15, 0.2) is 0 Å². The van der Waals surface area contributed by atoms with Gasteiger partial charge in [-0.15, -0.1) is 0 Å². The maximum atomic E-state index is 12.2. The third-order valence-electron chi connectivity index (χ3n) is 4.95. The molecule has 160 valence electrons. The lowest BCUT2D eigenvalue weighted by molar-refractivity contribution is -0.162. The van der Waals surface area contributed by atoms with Gasteiger partial charge in [0.05, 0.1) is 24.5 Å². The zero-order valence-corrected chi connectivity index (χ0v) is 17.5. The molecular formula is C21H40O6. The summed E-state index contributed by atoms with van der Waals surface area (Å²) in [6.45, 7) is 4.97. The topological polar surface area (TPSA) is 93.1 Å². The van der Waals surface area contributed by atoms with Gasteiger partial charge in [-0.2, -0.15) is 0 Å². The van der Waals surface area contributed by atoms with Gasteiger partial charge in [0.1, 0.15) is 13.2 Å². The second-order valence-corrected chi connectivity index (χ2v) is 7.50. The molecule has 27 heavy (non-hydrogen) atoms. The van der Waals surface area contributed by atoms with Gasteiger partial charge in [0.15, 0.2) is 0 Å². The third-order valence-corrected chi connectivity index (χ3v) is 4.95. The average molecular weight is 389 g/mol. The lowest BCUT2D eigenvalue weighted by Gasteiger charge is -2.29. The molecule has 0 amide bonds. The van der Waals surface area contributed by atoms with Gasteiger partial charge in [-0.25, -0.2) is 0 Å². The van der Waals surface area contributed by atoms with E-state index in [0.717, 1.165) is 51.4 Å². The van der Waals surface area contributed by atoms with Crippen molar-refractivity contribution in [1.29, 1.82) is 0 Å². The Labute approximate surface area is 164 Å². The smallest absolute Gasteiger partial charge is 0.308 e. The number of ether oxygens (including phenoxy) is 2. The van der Waals surface area contributed by atoms with E-state index < -0.39 is 18.6 Å². The van der Waals surface area contributed by atoms with E-state index in [0.29, 0.717) is 12.8 Å². The Kier molecular flexibility index (Phi) is 15.2. The molecule has 0 saturated carbocycles. The quantitative estimate of drug-likeness (QED) is 0.292. The molecule has 0 aromatic carbocycles. The van der Waals surface area contributed by atoms with Crippen LogP contribution in [0.3, 0.4) is 0 Å². The van der Waals surface area contributed by atoms with Gasteiger partial charge in [-0.3, -0.25) is 9.59 Å². The largest absolute Gasteiger partial charge is 0.465 e. The summed E-state index contributed by atoms with van der Waals surface area (Å²) in [5.41, 5.74) is -1.16. The van der Waals surface area contributed by atoms with E-state index >= 15 is 0 Å². The highest BCUT2D eigenvalue weighted by atomic mass is 16.6. The van der Waals surface area contributed by atoms with Crippen LogP contribution in [0, 0.1) is 11.3 Å². The standard InChI is InChI=1S/C21H40O6/c1-4-7-9-10-11-13-19(24)26-16-21(14-22,15-23)17-27-20(25)18(6-3)12-8-5-2/h18,22-23H,4-17H2,1-3H3. The number of aliphatic hydroxyl groups excluding tert-OH is 2. The normalized spacial score (nSPS) is 12.6. The second kappa shape index (κ2) is 15.9. The lowest BCUT2D eigenvalue weighted by Crippen LogP contribution is -2.41. The van der Waals surface area contributed by atoms with Crippen LogP contribution in [0.4, 0.5) is 0 Å². The van der Waals surface area contributed by atoms with Crippen LogP contribution < -0.4 is 0 Å². The van der Waals surface area contributed by atoms with Gasteiger partial charge in [0.2, 0.25) is 0 Å². The molecule has 0 aliphatic carbocycles. The monoisotopic (exact) mass is 388 g/mol. The molecule has 0 spiro atoms. The molecule has 6 heteroatoms. The van der Waals surface area contributed by atoms with Crippen LogP contribution in [0.5, 0.6) is 0 Å². The average Bonchev–Trinajstić information content (AvgIpc) is 2.69. The van der Waals surface area contributed by atoms with Crippen molar-refractivity contribution < 1.29 is 29.3 Å². The Morgan fingerprint density at radius 3 is 2.00 bits per heavy atom. The summed E-state index contributed by atoms with van der Waals surface area (Å²) in [6, 6.07) is 0. The second-order valence-electron chi connectivity index (χ2n) is 7.50. The van der Waals surface area contributed by atoms with E-state index in [1.807, 2.05) is 6.92 Å². The predicted molar refractivity (Wildman–Crippen MR) is 105 cm³/mol. The summed E-state index contributed by atoms with van der Waals surface area (Å²) >= 11 is 0. The Hall–Kier alpha value is -1.14. The number of esters is 2. The summed E-state index contributed by atoms with van der Waals surface area (Å²) in [4.78, 5) is 24.1. The molecule has 0 aliphatic rings. The van der Waals surface area contributed by atoms with Gasteiger partial charge in [0.25, 0.3) is 0 Å². The van der Waals surface area contributed by atoms with Crippen molar-refractivity contribution in [3.05, 3.63) is 0 Å². The summed E-state index contributed by atoms with van der Waals surface area (Å²) in [5, 5.41) is 19.3. The lowest BCUT2D eigenvalue weighted by atomic mass is 9.92. The zero-order chi connectivity index (χ0) is 20.5. The summed E-state index contributed by atoms with van der Waals surface area (Å²) in [6.07, 6.45) is 8.92. The first kappa shape index (κ1) is 25.9. The first-order valence-electron chi connectivity index (χ1n) is 10.5.